The van der Waals surface area contributed by atoms with Gasteiger partial charge in [-0.3, -0.25) is 15.0 Å². The van der Waals surface area contributed by atoms with Crippen LogP contribution in [-0.2, 0) is 0 Å². The normalized spacial score (nSPS) is 9.75. The van der Waals surface area contributed by atoms with E-state index in [0.717, 1.165) is 0 Å². The molecular weight excluding hydrogens is 111 g/mol. The second-order valence-electron chi connectivity index (χ2n) is 1.52. The van der Waals surface area contributed by atoms with Gasteiger partial charge in [-0.1, -0.05) is 0 Å². The van der Waals surface area contributed by atoms with Gasteiger partial charge in [0, 0.05) is 0 Å². The third kappa shape index (κ3) is 0.538. The zero-order valence-electron chi connectivity index (χ0n) is 4.29. The van der Waals surface area contributed by atoms with Crippen LogP contribution in [0, 0.1) is 12.7 Å². The minimum absolute atomic E-state index is 0.245. The van der Waals surface area contributed by atoms with Crippen LogP contribution in [-0.4, -0.2) is 10.2 Å². The number of hydrogen-bond acceptors (Lipinski definition) is 1. The molecule has 4 heteroatoms. The van der Waals surface area contributed by atoms with Crippen molar-refractivity contribution in [2.45, 2.75) is 6.92 Å². The van der Waals surface area contributed by atoms with E-state index in [1.54, 1.807) is 0 Å². The SMILES string of the molecule is Cc1[nH][nH]c(=O)c1F. The molecule has 0 aliphatic carbocycles. The van der Waals surface area contributed by atoms with E-state index in [1.807, 2.05) is 0 Å². The maximum Gasteiger partial charge on any atom is 0.300 e. The molecule has 1 heterocycles. The van der Waals surface area contributed by atoms with Crippen LogP contribution in [0.15, 0.2) is 4.79 Å². The fourth-order valence-electron chi connectivity index (χ4n) is 0.431. The molecule has 0 aromatic carbocycles. The van der Waals surface area contributed by atoms with Crippen LogP contribution in [0.25, 0.3) is 0 Å². The lowest BCUT2D eigenvalue weighted by Gasteiger charge is -1.74. The number of nitrogens with one attached hydrogen (secondary N) is 2. The molecule has 0 amide bonds. The topological polar surface area (TPSA) is 48.6 Å². The predicted octanol–water partition coefficient (Wildman–Crippen LogP) is 0.151. The molecule has 0 aliphatic rings. The maximum atomic E-state index is 12.1. The molecule has 0 unspecified atom stereocenters. The summed E-state index contributed by atoms with van der Waals surface area (Å²) in [6, 6.07) is 0. The van der Waals surface area contributed by atoms with E-state index in [9.17, 15) is 9.18 Å². The Balaban J connectivity index is 3.41. The quantitative estimate of drug-likeness (QED) is 0.498. The average Bonchev–Trinajstić information content (AvgIpc) is 1.98. The molecule has 1 aromatic rings. The lowest BCUT2D eigenvalue weighted by atomic mass is 10.5. The van der Waals surface area contributed by atoms with Crippen LogP contribution in [0.4, 0.5) is 4.39 Å². The van der Waals surface area contributed by atoms with Crippen molar-refractivity contribution < 1.29 is 4.39 Å². The van der Waals surface area contributed by atoms with Crippen molar-refractivity contribution in [3.63, 3.8) is 0 Å². The van der Waals surface area contributed by atoms with Gasteiger partial charge < -0.3 is 0 Å². The monoisotopic (exact) mass is 116 g/mol. The molecule has 0 saturated carbocycles. The number of hydrogen-bond donors (Lipinski definition) is 2. The Morgan fingerprint density at radius 3 is 2.25 bits per heavy atom. The van der Waals surface area contributed by atoms with Gasteiger partial charge >= 0.3 is 0 Å². The molecule has 0 saturated heterocycles. The van der Waals surface area contributed by atoms with Crippen molar-refractivity contribution in [2.24, 2.45) is 0 Å². The fraction of sp³-hybridized carbons (Fsp3) is 0.250. The Labute approximate surface area is 44.5 Å². The van der Waals surface area contributed by atoms with Crippen molar-refractivity contribution >= 4 is 0 Å². The Morgan fingerprint density at radius 2 is 2.12 bits per heavy atom. The summed E-state index contributed by atoms with van der Waals surface area (Å²) in [7, 11) is 0. The van der Waals surface area contributed by atoms with Crippen LogP contribution >= 0.6 is 0 Å². The minimum Gasteiger partial charge on any atom is -0.300 e. The molecule has 44 valence electrons. The van der Waals surface area contributed by atoms with E-state index in [4.69, 9.17) is 0 Å². The van der Waals surface area contributed by atoms with Crippen LogP contribution in [0.2, 0.25) is 0 Å². The van der Waals surface area contributed by atoms with Gasteiger partial charge in [-0.25, -0.2) is 0 Å². The number of H-pyrrole nitrogens is 2. The second-order valence-corrected chi connectivity index (χ2v) is 1.52. The zero-order chi connectivity index (χ0) is 6.15. The van der Waals surface area contributed by atoms with Gasteiger partial charge in [0.1, 0.15) is 0 Å². The highest BCUT2D eigenvalue weighted by molar-refractivity contribution is 4.97. The summed E-state index contributed by atoms with van der Waals surface area (Å²) in [5.74, 6) is -0.731. The summed E-state index contributed by atoms with van der Waals surface area (Å²) in [5.41, 5.74) is -0.447. The molecule has 0 fully saturated rings. The molecule has 1 rings (SSSR count). The van der Waals surface area contributed by atoms with Crippen LogP contribution in [0.3, 0.4) is 0 Å². The van der Waals surface area contributed by atoms with Crippen LogP contribution < -0.4 is 5.56 Å². The highest BCUT2D eigenvalue weighted by atomic mass is 19.1. The fourth-order valence-corrected chi connectivity index (χ4v) is 0.431. The summed E-state index contributed by atoms with van der Waals surface area (Å²) in [6.07, 6.45) is 0. The van der Waals surface area contributed by atoms with Crippen molar-refractivity contribution in [3.8, 4) is 0 Å². The van der Waals surface area contributed by atoms with Crippen LogP contribution in [0.1, 0.15) is 5.69 Å². The van der Waals surface area contributed by atoms with E-state index in [0.29, 0.717) is 0 Å². The van der Waals surface area contributed by atoms with Crippen molar-refractivity contribution in [1.82, 2.24) is 10.2 Å². The summed E-state index contributed by atoms with van der Waals surface area (Å²) in [6.45, 7) is 1.48. The molecule has 0 atom stereocenters. The van der Waals surface area contributed by atoms with Gasteiger partial charge in [0.05, 0.1) is 5.69 Å². The van der Waals surface area contributed by atoms with E-state index in [1.165, 1.54) is 6.92 Å². The number of halogens is 1. The maximum absolute atomic E-state index is 12.1. The van der Waals surface area contributed by atoms with Crippen molar-refractivity contribution in [1.29, 1.82) is 0 Å². The number of aryl methyl sites for hydroxylation is 1. The molecule has 0 spiro atoms. The molecule has 3 nitrogen and oxygen atoms in total. The Hall–Kier alpha value is -1.06. The Kier molecular flexibility index (Phi) is 0.932. The number of aromatic amines is 2. The first-order valence-corrected chi connectivity index (χ1v) is 2.14. The third-order valence-electron chi connectivity index (χ3n) is 0.892. The van der Waals surface area contributed by atoms with E-state index < -0.39 is 11.4 Å². The summed E-state index contributed by atoms with van der Waals surface area (Å²) in [5, 5.41) is 4.41. The summed E-state index contributed by atoms with van der Waals surface area (Å²) >= 11 is 0. The molecule has 0 bridgehead atoms. The van der Waals surface area contributed by atoms with Gasteiger partial charge in [0.15, 0.2) is 0 Å². The first kappa shape index (κ1) is 5.08. The third-order valence-corrected chi connectivity index (χ3v) is 0.892. The molecule has 8 heavy (non-hydrogen) atoms. The lowest BCUT2D eigenvalue weighted by Crippen LogP contribution is -2.01. The first-order valence-electron chi connectivity index (χ1n) is 2.14. The lowest BCUT2D eigenvalue weighted by molar-refractivity contribution is 0.609. The summed E-state index contributed by atoms with van der Waals surface area (Å²) in [4.78, 5) is 10.2. The van der Waals surface area contributed by atoms with Gasteiger partial charge in [-0.15, -0.1) is 0 Å². The summed E-state index contributed by atoms with van der Waals surface area (Å²) < 4.78 is 12.1. The average molecular weight is 116 g/mol. The highest BCUT2D eigenvalue weighted by Crippen LogP contribution is 1.89. The standard InChI is InChI=1S/C4H5FN2O/c1-2-3(5)4(8)7-6-2/h1H3,(H2,6,7,8). The van der Waals surface area contributed by atoms with Crippen LogP contribution in [0.5, 0.6) is 0 Å². The number of rotatable bonds is 0. The number of aromatic nitrogens is 2. The Morgan fingerprint density at radius 1 is 1.50 bits per heavy atom. The first-order chi connectivity index (χ1) is 3.72. The molecule has 1 aromatic heterocycles. The molecular formula is C4H5FN2O. The zero-order valence-corrected chi connectivity index (χ0v) is 4.29. The smallest absolute Gasteiger partial charge is 0.300 e. The highest BCUT2D eigenvalue weighted by Gasteiger charge is 2.00. The van der Waals surface area contributed by atoms with Gasteiger partial charge in [-0.2, -0.15) is 4.39 Å². The second kappa shape index (κ2) is 1.47. The molecule has 0 radical (unpaired) electrons. The minimum atomic E-state index is -0.731. The predicted molar refractivity (Wildman–Crippen MR) is 26.1 cm³/mol. The molecule has 2 N–H and O–H groups in total. The Bertz CT molecular complexity index is 236. The van der Waals surface area contributed by atoms with Gasteiger partial charge in [0.25, 0.3) is 5.56 Å². The van der Waals surface area contributed by atoms with E-state index in [-0.39, 0.29) is 5.69 Å². The van der Waals surface area contributed by atoms with Crippen molar-refractivity contribution in [2.75, 3.05) is 0 Å². The van der Waals surface area contributed by atoms with Gasteiger partial charge in [0.2, 0.25) is 5.82 Å². The van der Waals surface area contributed by atoms with E-state index >= 15 is 0 Å². The van der Waals surface area contributed by atoms with Gasteiger partial charge in [-0.05, 0) is 6.92 Å². The van der Waals surface area contributed by atoms with E-state index in [2.05, 4.69) is 10.2 Å². The largest absolute Gasteiger partial charge is 0.300 e. The van der Waals surface area contributed by atoms with Crippen molar-refractivity contribution in [3.05, 3.63) is 21.9 Å². The molecule has 0 aliphatic heterocycles.